The lowest BCUT2D eigenvalue weighted by Gasteiger charge is -2.19. The number of carboxylic acid groups (broad SMARTS) is 1. The van der Waals surface area contributed by atoms with Crippen molar-refractivity contribution in [3.05, 3.63) is 63.2 Å². The fraction of sp³-hybridized carbons (Fsp3) is 0.200. The fourth-order valence-electron chi connectivity index (χ4n) is 2.80. The van der Waals surface area contributed by atoms with E-state index in [9.17, 15) is 19.7 Å². The van der Waals surface area contributed by atoms with E-state index in [1.54, 1.807) is 0 Å². The molecule has 1 heterocycles. The first-order chi connectivity index (χ1) is 14.4. The standard InChI is InChI=1S/C20H17NO9/c1-27-18-8-12(3-5-17(18)29-10-19(23)24)16(22)4-2-13-6-15(21(25)26)7-14-9-28-11-30-20(13)14/h2-8H,9-11H2,1H3,(H,23,24). The molecule has 30 heavy (non-hydrogen) atoms. The molecule has 2 aromatic carbocycles. The Bertz CT molecular complexity index is 1030. The van der Waals surface area contributed by atoms with Gasteiger partial charge in [-0.15, -0.1) is 0 Å². The second-order valence-corrected chi connectivity index (χ2v) is 6.14. The molecule has 156 valence electrons. The quantitative estimate of drug-likeness (QED) is 0.299. The van der Waals surface area contributed by atoms with E-state index in [1.165, 1.54) is 49.6 Å². The highest BCUT2D eigenvalue weighted by Gasteiger charge is 2.20. The lowest BCUT2D eigenvalue weighted by molar-refractivity contribution is -0.385. The number of methoxy groups -OCH3 is 1. The van der Waals surface area contributed by atoms with Crippen LogP contribution in [0.25, 0.3) is 6.08 Å². The molecule has 1 aliphatic rings. The van der Waals surface area contributed by atoms with Crippen molar-refractivity contribution in [3.63, 3.8) is 0 Å². The fourth-order valence-corrected chi connectivity index (χ4v) is 2.80. The maximum absolute atomic E-state index is 12.6. The van der Waals surface area contributed by atoms with E-state index in [-0.39, 0.29) is 36.1 Å². The van der Waals surface area contributed by atoms with Crippen LogP contribution in [0.1, 0.15) is 21.5 Å². The Morgan fingerprint density at radius 2 is 2.07 bits per heavy atom. The van der Waals surface area contributed by atoms with Crippen LogP contribution in [0.5, 0.6) is 17.2 Å². The third kappa shape index (κ3) is 4.73. The number of aliphatic carboxylic acids is 1. The molecule has 3 rings (SSSR count). The minimum absolute atomic E-state index is 0.00853. The van der Waals surface area contributed by atoms with E-state index < -0.39 is 23.3 Å². The van der Waals surface area contributed by atoms with Gasteiger partial charge in [-0.3, -0.25) is 14.9 Å². The first-order valence-electron chi connectivity index (χ1n) is 8.66. The number of non-ortho nitro benzene ring substituents is 1. The van der Waals surface area contributed by atoms with E-state index >= 15 is 0 Å². The lowest BCUT2D eigenvalue weighted by Crippen LogP contribution is -2.12. The Kier molecular flexibility index (Phi) is 6.28. The summed E-state index contributed by atoms with van der Waals surface area (Å²) in [5, 5.41) is 19.9. The van der Waals surface area contributed by atoms with Gasteiger partial charge in [0.15, 0.2) is 30.7 Å². The van der Waals surface area contributed by atoms with Gasteiger partial charge < -0.3 is 24.1 Å². The largest absolute Gasteiger partial charge is 0.493 e. The zero-order valence-corrected chi connectivity index (χ0v) is 15.8. The van der Waals surface area contributed by atoms with Gasteiger partial charge in [-0.05, 0) is 30.4 Å². The molecule has 0 bridgehead atoms. The molecule has 0 aliphatic carbocycles. The monoisotopic (exact) mass is 415 g/mol. The molecular formula is C20H17NO9. The molecule has 0 aromatic heterocycles. The number of carbonyl (C=O) groups excluding carboxylic acids is 1. The van der Waals surface area contributed by atoms with Crippen molar-refractivity contribution in [3.8, 4) is 17.2 Å². The van der Waals surface area contributed by atoms with Crippen LogP contribution in [-0.2, 0) is 16.1 Å². The Balaban J connectivity index is 1.86. The average molecular weight is 415 g/mol. The van der Waals surface area contributed by atoms with E-state index in [2.05, 4.69) is 0 Å². The van der Waals surface area contributed by atoms with Gasteiger partial charge in [-0.2, -0.15) is 0 Å². The van der Waals surface area contributed by atoms with Gasteiger partial charge in [-0.1, -0.05) is 0 Å². The number of ketones is 1. The predicted molar refractivity (Wildman–Crippen MR) is 103 cm³/mol. The number of nitro benzene ring substituents is 1. The second kappa shape index (κ2) is 9.05. The summed E-state index contributed by atoms with van der Waals surface area (Å²) in [4.78, 5) is 33.9. The summed E-state index contributed by atoms with van der Waals surface area (Å²) in [5.41, 5.74) is 1.01. The number of rotatable bonds is 8. The molecule has 0 unspecified atom stereocenters. The molecule has 0 saturated heterocycles. The van der Waals surface area contributed by atoms with Gasteiger partial charge in [0.1, 0.15) is 5.75 Å². The van der Waals surface area contributed by atoms with Crippen LogP contribution in [0.2, 0.25) is 0 Å². The molecule has 1 aliphatic heterocycles. The van der Waals surface area contributed by atoms with Crippen LogP contribution >= 0.6 is 0 Å². The van der Waals surface area contributed by atoms with Gasteiger partial charge >= 0.3 is 5.97 Å². The topological polar surface area (TPSA) is 134 Å². The first kappa shape index (κ1) is 20.8. The number of nitrogens with zero attached hydrogens (tertiary/aromatic N) is 1. The first-order valence-corrected chi connectivity index (χ1v) is 8.66. The number of hydrogen-bond acceptors (Lipinski definition) is 8. The van der Waals surface area contributed by atoms with Gasteiger partial charge in [0.05, 0.1) is 18.6 Å². The van der Waals surface area contributed by atoms with Crippen LogP contribution in [-0.4, -0.2) is 42.3 Å². The third-order valence-electron chi connectivity index (χ3n) is 4.15. The third-order valence-corrected chi connectivity index (χ3v) is 4.15. The van der Waals surface area contributed by atoms with Gasteiger partial charge in [0, 0.05) is 28.8 Å². The minimum atomic E-state index is -1.15. The summed E-state index contributed by atoms with van der Waals surface area (Å²) in [6.07, 6.45) is 2.69. The summed E-state index contributed by atoms with van der Waals surface area (Å²) in [6, 6.07) is 6.99. The number of carbonyl (C=O) groups is 2. The van der Waals surface area contributed by atoms with Crippen LogP contribution in [0, 0.1) is 10.1 Å². The molecule has 10 nitrogen and oxygen atoms in total. The van der Waals surface area contributed by atoms with Crippen LogP contribution in [0.4, 0.5) is 5.69 Å². The highest BCUT2D eigenvalue weighted by molar-refractivity contribution is 6.07. The lowest BCUT2D eigenvalue weighted by atomic mass is 10.0. The number of benzene rings is 2. The molecule has 2 aromatic rings. The van der Waals surface area contributed by atoms with Crippen LogP contribution in [0.15, 0.2) is 36.4 Å². The molecule has 10 heteroatoms. The highest BCUT2D eigenvalue weighted by Crippen LogP contribution is 2.34. The molecule has 0 atom stereocenters. The van der Waals surface area contributed by atoms with Gasteiger partial charge in [-0.25, -0.2) is 4.79 Å². The van der Waals surface area contributed by atoms with Crippen molar-refractivity contribution in [1.29, 1.82) is 0 Å². The SMILES string of the molecule is COc1cc(C(=O)C=Cc2cc([N+](=O)[O-])cc3c2OCOC3)ccc1OCC(=O)O. The number of nitro groups is 1. The Morgan fingerprint density at radius 1 is 1.27 bits per heavy atom. The van der Waals surface area contributed by atoms with Crippen molar-refractivity contribution in [2.45, 2.75) is 6.61 Å². The minimum Gasteiger partial charge on any atom is -0.493 e. The summed E-state index contributed by atoms with van der Waals surface area (Å²) in [5.74, 6) is -0.741. The zero-order chi connectivity index (χ0) is 21.7. The van der Waals surface area contributed by atoms with Gasteiger partial charge in [0.25, 0.3) is 5.69 Å². The number of fused-ring (bicyclic) bond motifs is 1. The maximum Gasteiger partial charge on any atom is 0.341 e. The molecule has 0 fully saturated rings. The number of ether oxygens (including phenoxy) is 4. The van der Waals surface area contributed by atoms with Crippen LogP contribution < -0.4 is 14.2 Å². The van der Waals surface area contributed by atoms with Crippen molar-refractivity contribution >= 4 is 23.5 Å². The highest BCUT2D eigenvalue weighted by atomic mass is 16.7. The van der Waals surface area contributed by atoms with Crippen molar-refractivity contribution in [2.24, 2.45) is 0 Å². The Hall–Kier alpha value is -3.92. The molecule has 0 radical (unpaired) electrons. The summed E-state index contributed by atoms with van der Waals surface area (Å²) >= 11 is 0. The van der Waals surface area contributed by atoms with E-state index in [1.807, 2.05) is 0 Å². The number of hydrogen-bond donors (Lipinski definition) is 1. The average Bonchev–Trinajstić information content (AvgIpc) is 2.75. The normalized spacial score (nSPS) is 12.7. The molecule has 0 spiro atoms. The van der Waals surface area contributed by atoms with Crippen molar-refractivity contribution < 1.29 is 38.6 Å². The van der Waals surface area contributed by atoms with Gasteiger partial charge in [0.2, 0.25) is 0 Å². The molecule has 0 saturated carbocycles. The van der Waals surface area contributed by atoms with E-state index in [0.29, 0.717) is 16.9 Å². The maximum atomic E-state index is 12.6. The molecule has 0 amide bonds. The summed E-state index contributed by atoms with van der Waals surface area (Å²) in [7, 11) is 1.36. The zero-order valence-electron chi connectivity index (χ0n) is 15.8. The summed E-state index contributed by atoms with van der Waals surface area (Å²) < 4.78 is 20.8. The van der Waals surface area contributed by atoms with Crippen molar-refractivity contribution in [2.75, 3.05) is 20.5 Å². The summed E-state index contributed by atoms with van der Waals surface area (Å²) in [6.45, 7) is -0.374. The number of allylic oxidation sites excluding steroid dienone is 1. The van der Waals surface area contributed by atoms with Crippen molar-refractivity contribution in [1.82, 2.24) is 0 Å². The smallest absolute Gasteiger partial charge is 0.341 e. The van der Waals surface area contributed by atoms with Crippen LogP contribution in [0.3, 0.4) is 0 Å². The van der Waals surface area contributed by atoms with E-state index in [4.69, 9.17) is 24.1 Å². The Labute approximate surface area is 170 Å². The number of carboxylic acids is 1. The van der Waals surface area contributed by atoms with E-state index in [0.717, 1.165) is 0 Å². The molecular weight excluding hydrogens is 398 g/mol. The Morgan fingerprint density at radius 3 is 2.77 bits per heavy atom. The predicted octanol–water partition coefficient (Wildman–Crippen LogP) is 2.83. The molecule has 1 N–H and O–H groups in total. The second-order valence-electron chi connectivity index (χ2n) is 6.14.